The summed E-state index contributed by atoms with van der Waals surface area (Å²) in [5.74, 6) is 1.71. The zero-order valence-corrected chi connectivity index (χ0v) is 6.14. The van der Waals surface area contributed by atoms with Crippen molar-refractivity contribution in [1.82, 2.24) is 0 Å². The quantitative estimate of drug-likeness (QED) is 0.515. The highest BCUT2D eigenvalue weighted by molar-refractivity contribution is 8.04. The molecule has 2 aliphatic heterocycles. The number of amidine groups is 1. The summed E-state index contributed by atoms with van der Waals surface area (Å²) in [4.78, 5) is 9.51. The molecule has 0 radical (unpaired) electrons. The molecule has 0 N–H and O–H groups in total. The van der Waals surface area contributed by atoms with Crippen molar-refractivity contribution in [3.63, 3.8) is 0 Å². The Morgan fingerprint density at radius 3 is 3.40 bits per heavy atom. The molecule has 0 saturated carbocycles. The number of hydrogen-bond donors (Lipinski definition) is 0. The van der Waals surface area contributed by atoms with Crippen LogP contribution in [-0.2, 0) is 0 Å². The summed E-state index contributed by atoms with van der Waals surface area (Å²) < 4.78 is 0. The van der Waals surface area contributed by atoms with Gasteiger partial charge in [0.15, 0.2) is 5.84 Å². The highest BCUT2D eigenvalue weighted by Gasteiger charge is 2.11. The predicted octanol–water partition coefficient (Wildman–Crippen LogP) is 1.61. The van der Waals surface area contributed by atoms with Gasteiger partial charge in [-0.2, -0.15) is 0 Å². The largest absolute Gasteiger partial charge is 0.254 e. The average molecular weight is 150 g/mol. The van der Waals surface area contributed by atoms with Crippen molar-refractivity contribution in [1.29, 1.82) is 0 Å². The zero-order chi connectivity index (χ0) is 6.81. The Balaban J connectivity index is 2.42. The fourth-order valence-electron chi connectivity index (χ4n) is 0.839. The van der Waals surface area contributed by atoms with Gasteiger partial charge in [0.05, 0.1) is 10.8 Å². The molecule has 0 unspecified atom stereocenters. The number of fused-ring (bicyclic) bond motifs is 1. The van der Waals surface area contributed by atoms with Crippen LogP contribution in [0.2, 0.25) is 0 Å². The highest BCUT2D eigenvalue weighted by atomic mass is 32.2. The zero-order valence-electron chi connectivity index (χ0n) is 5.32. The summed E-state index contributed by atoms with van der Waals surface area (Å²) in [5, 5.41) is 0. The molecule has 0 aromatic rings. The minimum absolute atomic E-state index is 0.826. The number of nitrogens with zero attached hydrogens (tertiary/aromatic N) is 2. The van der Waals surface area contributed by atoms with Gasteiger partial charge in [-0.05, 0) is 12.2 Å². The van der Waals surface area contributed by atoms with Crippen LogP contribution in [-0.4, -0.2) is 17.9 Å². The lowest BCUT2D eigenvalue weighted by molar-refractivity contribution is 1.38. The van der Waals surface area contributed by atoms with Gasteiger partial charge in [0, 0.05) is 6.21 Å². The summed E-state index contributed by atoms with van der Waals surface area (Å²) in [6.07, 6.45) is 7.71. The number of aliphatic imine (C=N–C) groups is 2. The Bertz CT molecular complexity index is 261. The molecule has 2 rings (SSSR count). The van der Waals surface area contributed by atoms with Crippen LogP contribution in [0.5, 0.6) is 0 Å². The molecule has 0 bridgehead atoms. The predicted molar refractivity (Wildman–Crippen MR) is 45.6 cm³/mol. The second kappa shape index (κ2) is 2.42. The SMILES string of the molecule is C1=CC=C2SCN=C2N=C1. The van der Waals surface area contributed by atoms with Crippen LogP contribution in [0.25, 0.3) is 0 Å². The average Bonchev–Trinajstić information content (AvgIpc) is 2.28. The van der Waals surface area contributed by atoms with Gasteiger partial charge >= 0.3 is 0 Å². The molecule has 2 nitrogen and oxygen atoms in total. The first-order valence-electron chi connectivity index (χ1n) is 3.05. The summed E-state index contributed by atoms with van der Waals surface area (Å²) in [6, 6.07) is 0. The summed E-state index contributed by atoms with van der Waals surface area (Å²) in [6.45, 7) is 0. The summed E-state index contributed by atoms with van der Waals surface area (Å²) in [7, 11) is 0. The maximum atomic E-state index is 4.19. The number of allylic oxidation sites excluding steroid dienone is 3. The van der Waals surface area contributed by atoms with E-state index in [1.165, 1.54) is 4.91 Å². The fourth-order valence-corrected chi connectivity index (χ4v) is 1.59. The molecule has 3 heteroatoms. The maximum Gasteiger partial charge on any atom is 0.161 e. The molecule has 0 atom stereocenters. The molecule has 0 saturated heterocycles. The van der Waals surface area contributed by atoms with Crippen LogP contribution < -0.4 is 0 Å². The van der Waals surface area contributed by atoms with Crippen LogP contribution in [0.15, 0.2) is 33.1 Å². The van der Waals surface area contributed by atoms with E-state index in [-0.39, 0.29) is 0 Å². The van der Waals surface area contributed by atoms with Gasteiger partial charge in [-0.3, -0.25) is 4.99 Å². The molecule has 10 heavy (non-hydrogen) atoms. The van der Waals surface area contributed by atoms with Crippen molar-refractivity contribution < 1.29 is 0 Å². The van der Waals surface area contributed by atoms with Gasteiger partial charge < -0.3 is 0 Å². The molecule has 2 aliphatic rings. The second-order valence-corrected chi connectivity index (χ2v) is 2.94. The molecular weight excluding hydrogens is 144 g/mol. The first-order chi connectivity index (χ1) is 4.97. The van der Waals surface area contributed by atoms with Gasteiger partial charge in [-0.15, -0.1) is 0 Å². The van der Waals surface area contributed by atoms with Crippen molar-refractivity contribution in [2.24, 2.45) is 9.98 Å². The maximum absolute atomic E-state index is 4.19. The highest BCUT2D eigenvalue weighted by Crippen LogP contribution is 2.25. The number of thioether (sulfide) groups is 1. The van der Waals surface area contributed by atoms with Crippen molar-refractivity contribution in [3.05, 3.63) is 23.1 Å². The Morgan fingerprint density at radius 2 is 2.40 bits per heavy atom. The first kappa shape index (κ1) is 5.92. The van der Waals surface area contributed by atoms with E-state index in [4.69, 9.17) is 0 Å². The van der Waals surface area contributed by atoms with Crippen LogP contribution in [0.3, 0.4) is 0 Å². The fraction of sp³-hybridized carbons (Fsp3) is 0.143. The summed E-state index contributed by atoms with van der Waals surface area (Å²) in [5.41, 5.74) is 0. The van der Waals surface area contributed by atoms with E-state index in [0.717, 1.165) is 11.7 Å². The van der Waals surface area contributed by atoms with Crippen molar-refractivity contribution in [2.45, 2.75) is 0 Å². The molecule has 2 heterocycles. The smallest absolute Gasteiger partial charge is 0.161 e. The van der Waals surface area contributed by atoms with Crippen LogP contribution >= 0.6 is 11.8 Å². The number of hydrogen-bond acceptors (Lipinski definition) is 3. The molecule has 50 valence electrons. The third kappa shape index (κ3) is 0.926. The molecular formula is C7H6N2S. The van der Waals surface area contributed by atoms with E-state index in [1.54, 1.807) is 18.0 Å². The third-order valence-corrected chi connectivity index (χ3v) is 2.18. The molecule has 0 spiro atoms. The van der Waals surface area contributed by atoms with E-state index < -0.39 is 0 Å². The van der Waals surface area contributed by atoms with Crippen molar-refractivity contribution in [3.8, 4) is 0 Å². The van der Waals surface area contributed by atoms with Gasteiger partial charge in [0.1, 0.15) is 0 Å². The van der Waals surface area contributed by atoms with Gasteiger partial charge in [-0.1, -0.05) is 17.8 Å². The third-order valence-electron chi connectivity index (χ3n) is 1.30. The Hall–Kier alpha value is -0.830. The van der Waals surface area contributed by atoms with Crippen LogP contribution in [0, 0.1) is 0 Å². The first-order valence-corrected chi connectivity index (χ1v) is 4.04. The Morgan fingerprint density at radius 1 is 1.40 bits per heavy atom. The standard InChI is InChI=1S/C7H6N2S/c1-2-4-8-7-6(3-1)10-5-9-7/h1-4H,5H2. The van der Waals surface area contributed by atoms with E-state index in [0.29, 0.717) is 0 Å². The minimum atomic E-state index is 0.826. The van der Waals surface area contributed by atoms with Gasteiger partial charge in [0.25, 0.3) is 0 Å². The lowest BCUT2D eigenvalue weighted by Gasteiger charge is -1.89. The summed E-state index contributed by atoms with van der Waals surface area (Å²) >= 11 is 1.73. The van der Waals surface area contributed by atoms with Crippen LogP contribution in [0.1, 0.15) is 0 Å². The van der Waals surface area contributed by atoms with Gasteiger partial charge in [-0.25, -0.2) is 4.99 Å². The Labute approximate surface area is 63.5 Å². The molecule has 0 fully saturated rings. The monoisotopic (exact) mass is 150 g/mol. The molecule has 0 aromatic carbocycles. The van der Waals surface area contributed by atoms with Crippen molar-refractivity contribution in [2.75, 3.05) is 5.88 Å². The Kier molecular flexibility index (Phi) is 1.43. The van der Waals surface area contributed by atoms with E-state index in [2.05, 4.69) is 9.98 Å². The minimum Gasteiger partial charge on any atom is -0.254 e. The lowest BCUT2D eigenvalue weighted by atomic mass is 10.4. The normalized spacial score (nSPS) is 21.6. The molecule has 0 amide bonds. The van der Waals surface area contributed by atoms with E-state index in [9.17, 15) is 0 Å². The van der Waals surface area contributed by atoms with Gasteiger partial charge in [0.2, 0.25) is 0 Å². The van der Waals surface area contributed by atoms with E-state index >= 15 is 0 Å². The lowest BCUT2D eigenvalue weighted by Crippen LogP contribution is -1.88. The van der Waals surface area contributed by atoms with E-state index in [1.807, 2.05) is 18.2 Å². The molecule has 0 aromatic heterocycles. The van der Waals surface area contributed by atoms with Crippen molar-refractivity contribution >= 4 is 23.8 Å². The number of rotatable bonds is 0. The van der Waals surface area contributed by atoms with Crippen LogP contribution in [0.4, 0.5) is 0 Å². The molecule has 0 aliphatic carbocycles. The second-order valence-electron chi connectivity index (χ2n) is 1.95. The topological polar surface area (TPSA) is 24.7 Å².